The van der Waals surface area contributed by atoms with Crippen LogP contribution in [0.1, 0.15) is 137 Å². The van der Waals surface area contributed by atoms with Gasteiger partial charge in [-0.1, -0.05) is 105 Å². The highest BCUT2D eigenvalue weighted by Crippen LogP contribution is 2.61. The summed E-state index contributed by atoms with van der Waals surface area (Å²) >= 11 is 0. The summed E-state index contributed by atoms with van der Waals surface area (Å²) in [5, 5.41) is 0. The predicted octanol–water partition coefficient (Wildman–Crippen LogP) is 9.72. The first kappa shape index (κ1) is 26.4. The third-order valence-corrected chi connectivity index (χ3v) is 11.3. The van der Waals surface area contributed by atoms with Crippen LogP contribution in [0.15, 0.2) is 0 Å². The molecule has 0 saturated heterocycles. The third kappa shape index (κ3) is 15.5. The molecular formula is C25H54P+. The van der Waals surface area contributed by atoms with E-state index >= 15 is 0 Å². The molecule has 0 aliphatic heterocycles. The van der Waals surface area contributed by atoms with Gasteiger partial charge in [0.2, 0.25) is 0 Å². The molecule has 0 aliphatic carbocycles. The van der Waals surface area contributed by atoms with Crippen molar-refractivity contribution in [3.05, 3.63) is 0 Å². The molecule has 0 radical (unpaired) electrons. The van der Waals surface area contributed by atoms with Crippen LogP contribution >= 0.6 is 7.26 Å². The molecule has 0 spiro atoms. The Morgan fingerprint density at radius 3 is 1.04 bits per heavy atom. The predicted molar refractivity (Wildman–Crippen MR) is 128 cm³/mol. The molecule has 0 heterocycles. The van der Waals surface area contributed by atoms with Gasteiger partial charge in [0, 0.05) is 7.26 Å². The zero-order valence-electron chi connectivity index (χ0n) is 19.3. The Kier molecular flexibility index (Phi) is 20.5. The van der Waals surface area contributed by atoms with E-state index in [4.69, 9.17) is 0 Å². The number of hydrogen-bond acceptors (Lipinski definition) is 0. The van der Waals surface area contributed by atoms with E-state index in [0.717, 1.165) is 0 Å². The van der Waals surface area contributed by atoms with Crippen molar-refractivity contribution in [2.24, 2.45) is 0 Å². The minimum absolute atomic E-state index is 0.609. The largest absolute Gasteiger partial charge is 0.0654 e. The summed E-state index contributed by atoms with van der Waals surface area (Å²) < 4.78 is 0. The Morgan fingerprint density at radius 1 is 0.308 bits per heavy atom. The smallest absolute Gasteiger partial charge is 0.0594 e. The highest BCUT2D eigenvalue weighted by molar-refractivity contribution is 7.75. The fourth-order valence-corrected chi connectivity index (χ4v) is 9.58. The summed E-state index contributed by atoms with van der Waals surface area (Å²) in [6.45, 7) is 9.49. The van der Waals surface area contributed by atoms with Crippen LogP contribution in [-0.4, -0.2) is 24.6 Å². The van der Waals surface area contributed by atoms with Gasteiger partial charge < -0.3 is 0 Å². The van der Waals surface area contributed by atoms with Crippen LogP contribution in [0.5, 0.6) is 0 Å². The molecule has 0 aromatic heterocycles. The van der Waals surface area contributed by atoms with E-state index in [2.05, 4.69) is 27.7 Å². The highest BCUT2D eigenvalue weighted by atomic mass is 31.2. The lowest BCUT2D eigenvalue weighted by atomic mass is 10.1. The molecule has 0 aliphatic rings. The lowest BCUT2D eigenvalue weighted by Gasteiger charge is -2.27. The zero-order valence-corrected chi connectivity index (χ0v) is 20.2. The van der Waals surface area contributed by atoms with Crippen molar-refractivity contribution >= 4 is 7.26 Å². The van der Waals surface area contributed by atoms with Gasteiger partial charge in [-0.15, -0.1) is 0 Å². The van der Waals surface area contributed by atoms with Gasteiger partial charge in [0.15, 0.2) is 0 Å². The molecule has 0 N–H and O–H groups in total. The summed E-state index contributed by atoms with van der Waals surface area (Å²) in [6, 6.07) is 0. The van der Waals surface area contributed by atoms with Gasteiger partial charge in [-0.2, -0.15) is 0 Å². The van der Waals surface area contributed by atoms with E-state index in [9.17, 15) is 0 Å². The lowest BCUT2D eigenvalue weighted by Crippen LogP contribution is -2.12. The Labute approximate surface area is 169 Å². The summed E-state index contributed by atoms with van der Waals surface area (Å²) in [6.07, 6.45) is 31.4. The van der Waals surface area contributed by atoms with Gasteiger partial charge in [-0.3, -0.25) is 0 Å². The van der Waals surface area contributed by atoms with Crippen molar-refractivity contribution in [1.82, 2.24) is 0 Å². The van der Waals surface area contributed by atoms with E-state index in [1.54, 1.807) is 24.6 Å². The van der Waals surface area contributed by atoms with E-state index < -0.39 is 7.26 Å². The molecule has 0 fully saturated rings. The summed E-state index contributed by atoms with van der Waals surface area (Å²) in [7, 11) is -0.609. The van der Waals surface area contributed by atoms with Gasteiger partial charge >= 0.3 is 0 Å². The number of rotatable bonds is 21. The molecule has 0 aromatic carbocycles. The average Bonchev–Trinajstić information content (AvgIpc) is 2.65. The monoisotopic (exact) mass is 385 g/mol. The van der Waals surface area contributed by atoms with Crippen LogP contribution in [0.2, 0.25) is 0 Å². The molecule has 0 bridgehead atoms. The number of unbranched alkanes of at least 4 members (excludes halogenated alkanes) is 13. The maximum atomic E-state index is 2.43. The van der Waals surface area contributed by atoms with Gasteiger partial charge in [0.1, 0.15) is 0 Å². The molecule has 158 valence electrons. The first-order valence-electron chi connectivity index (χ1n) is 12.6. The summed E-state index contributed by atoms with van der Waals surface area (Å²) in [4.78, 5) is 0. The van der Waals surface area contributed by atoms with E-state index in [-0.39, 0.29) is 0 Å². The molecule has 0 saturated carbocycles. The standard InChI is InChI=1S/C25H54P/c1-5-9-12-13-14-15-16-17-18-19-20-21-25-26(22-8-4,23-10-6-2)24-11-7-3/h5-25H2,1-4H3/q+1. The Bertz CT molecular complexity index is 253. The van der Waals surface area contributed by atoms with E-state index in [1.807, 2.05) is 0 Å². The van der Waals surface area contributed by atoms with Crippen molar-refractivity contribution in [3.63, 3.8) is 0 Å². The van der Waals surface area contributed by atoms with Crippen molar-refractivity contribution in [2.45, 2.75) is 137 Å². The van der Waals surface area contributed by atoms with Gasteiger partial charge in [0.25, 0.3) is 0 Å². The Balaban J connectivity index is 3.79. The van der Waals surface area contributed by atoms with Crippen LogP contribution in [-0.2, 0) is 0 Å². The maximum Gasteiger partial charge on any atom is 0.0594 e. The van der Waals surface area contributed by atoms with Gasteiger partial charge in [-0.05, 0) is 32.1 Å². The third-order valence-electron chi connectivity index (χ3n) is 6.16. The van der Waals surface area contributed by atoms with Crippen molar-refractivity contribution in [1.29, 1.82) is 0 Å². The second kappa shape index (κ2) is 20.2. The van der Waals surface area contributed by atoms with Crippen LogP contribution in [0.25, 0.3) is 0 Å². The highest BCUT2D eigenvalue weighted by Gasteiger charge is 2.34. The molecule has 0 rings (SSSR count). The number of hydrogen-bond donors (Lipinski definition) is 0. The maximum absolute atomic E-state index is 2.43. The fraction of sp³-hybridized carbons (Fsp3) is 1.00. The van der Waals surface area contributed by atoms with Crippen LogP contribution in [0.3, 0.4) is 0 Å². The summed E-state index contributed by atoms with van der Waals surface area (Å²) in [5.41, 5.74) is 0. The van der Waals surface area contributed by atoms with Crippen LogP contribution in [0.4, 0.5) is 0 Å². The molecule has 0 nitrogen and oxygen atoms in total. The molecule has 26 heavy (non-hydrogen) atoms. The Morgan fingerprint density at radius 2 is 0.654 bits per heavy atom. The van der Waals surface area contributed by atoms with Crippen LogP contribution < -0.4 is 0 Å². The fourth-order valence-electron chi connectivity index (χ4n) is 4.42. The normalized spacial score (nSPS) is 12.0. The topological polar surface area (TPSA) is 0 Å². The van der Waals surface area contributed by atoms with Crippen molar-refractivity contribution < 1.29 is 0 Å². The second-order valence-electron chi connectivity index (χ2n) is 8.83. The molecule has 0 amide bonds. The minimum Gasteiger partial charge on any atom is -0.0654 e. The van der Waals surface area contributed by atoms with Crippen molar-refractivity contribution in [2.75, 3.05) is 24.6 Å². The average molecular weight is 386 g/mol. The van der Waals surface area contributed by atoms with E-state index in [0.29, 0.717) is 0 Å². The van der Waals surface area contributed by atoms with Gasteiger partial charge in [0.05, 0.1) is 24.6 Å². The first-order chi connectivity index (χ1) is 12.7. The quantitative estimate of drug-likeness (QED) is 0.136. The van der Waals surface area contributed by atoms with Crippen LogP contribution in [0, 0.1) is 0 Å². The second-order valence-corrected chi connectivity index (χ2v) is 13.3. The van der Waals surface area contributed by atoms with E-state index in [1.165, 1.54) is 109 Å². The minimum atomic E-state index is -0.609. The summed E-state index contributed by atoms with van der Waals surface area (Å²) in [5.74, 6) is 0. The molecule has 1 heteroatoms. The zero-order chi connectivity index (χ0) is 19.3. The molecule has 0 atom stereocenters. The molecular weight excluding hydrogens is 331 g/mol. The SMILES string of the molecule is CCCCCCCCCCCCCC[P+](CCC)(CCCC)CCCC. The van der Waals surface area contributed by atoms with Crippen molar-refractivity contribution in [3.8, 4) is 0 Å². The first-order valence-corrected chi connectivity index (χ1v) is 15.1. The molecule has 0 unspecified atom stereocenters. The Hall–Kier alpha value is 0.430. The lowest BCUT2D eigenvalue weighted by molar-refractivity contribution is 0.548. The van der Waals surface area contributed by atoms with Gasteiger partial charge in [-0.25, -0.2) is 0 Å². The molecule has 0 aromatic rings.